The number of aromatic amines is 1. The standard InChI is InChI=1S/C20H22N2O2S/c1-3-14(11-17-5-4-10-25-17)20(23)21-9-8-15-13-22-19-12-16(24-2)6-7-18(15)19/h4-7,10-13,22H,3,8-9H2,1-2H3,(H,21,23). The largest absolute Gasteiger partial charge is 0.497 e. The molecule has 2 N–H and O–H groups in total. The van der Waals surface area contributed by atoms with Crippen LogP contribution in [0.1, 0.15) is 23.8 Å². The molecule has 25 heavy (non-hydrogen) atoms. The van der Waals surface area contributed by atoms with Gasteiger partial charge in [0.2, 0.25) is 5.91 Å². The quantitative estimate of drug-likeness (QED) is 0.618. The minimum atomic E-state index is 0.0115. The second-order valence-corrected chi connectivity index (χ2v) is 6.75. The van der Waals surface area contributed by atoms with Gasteiger partial charge in [0.15, 0.2) is 0 Å². The van der Waals surface area contributed by atoms with Gasteiger partial charge in [-0.15, -0.1) is 11.3 Å². The van der Waals surface area contributed by atoms with Crippen LogP contribution in [0.3, 0.4) is 0 Å². The number of carbonyl (C=O) groups is 1. The summed E-state index contributed by atoms with van der Waals surface area (Å²) in [5.41, 5.74) is 3.05. The van der Waals surface area contributed by atoms with Crippen molar-refractivity contribution in [2.24, 2.45) is 0 Å². The van der Waals surface area contributed by atoms with Crippen molar-refractivity contribution in [1.29, 1.82) is 0 Å². The number of fused-ring (bicyclic) bond motifs is 1. The molecule has 2 aromatic heterocycles. The number of H-pyrrole nitrogens is 1. The van der Waals surface area contributed by atoms with Crippen molar-refractivity contribution in [3.05, 3.63) is 57.9 Å². The molecule has 0 aliphatic carbocycles. The summed E-state index contributed by atoms with van der Waals surface area (Å²) in [7, 11) is 1.66. The van der Waals surface area contributed by atoms with Crippen molar-refractivity contribution >= 4 is 34.2 Å². The zero-order chi connectivity index (χ0) is 17.6. The fraction of sp³-hybridized carbons (Fsp3) is 0.250. The van der Waals surface area contributed by atoms with E-state index < -0.39 is 0 Å². The van der Waals surface area contributed by atoms with Gasteiger partial charge in [-0.3, -0.25) is 4.79 Å². The van der Waals surface area contributed by atoms with Crippen molar-refractivity contribution in [3.8, 4) is 5.75 Å². The van der Waals surface area contributed by atoms with Crippen LogP contribution in [0.15, 0.2) is 47.5 Å². The second-order valence-electron chi connectivity index (χ2n) is 5.77. The summed E-state index contributed by atoms with van der Waals surface area (Å²) >= 11 is 1.64. The molecule has 1 aromatic carbocycles. The molecule has 3 aromatic rings. The third-order valence-electron chi connectivity index (χ3n) is 4.19. The Labute approximate surface area is 151 Å². The van der Waals surface area contributed by atoms with Crippen LogP contribution in [-0.2, 0) is 11.2 Å². The molecule has 1 amide bonds. The number of aromatic nitrogens is 1. The Bertz CT molecular complexity index is 878. The first-order valence-electron chi connectivity index (χ1n) is 8.37. The Morgan fingerprint density at radius 3 is 2.96 bits per heavy atom. The normalized spacial score (nSPS) is 11.7. The lowest BCUT2D eigenvalue weighted by molar-refractivity contribution is -0.117. The first-order valence-corrected chi connectivity index (χ1v) is 9.25. The summed E-state index contributed by atoms with van der Waals surface area (Å²) in [4.78, 5) is 16.7. The number of rotatable bonds is 7. The number of nitrogens with one attached hydrogen (secondary N) is 2. The number of hydrogen-bond acceptors (Lipinski definition) is 3. The summed E-state index contributed by atoms with van der Waals surface area (Å²) in [5, 5.41) is 6.21. The molecule has 0 radical (unpaired) electrons. The second kappa shape index (κ2) is 8.03. The van der Waals surface area contributed by atoms with Crippen LogP contribution in [0.2, 0.25) is 0 Å². The van der Waals surface area contributed by atoms with Gasteiger partial charge in [-0.2, -0.15) is 0 Å². The zero-order valence-corrected chi connectivity index (χ0v) is 15.3. The summed E-state index contributed by atoms with van der Waals surface area (Å²) in [5.74, 6) is 0.845. The highest BCUT2D eigenvalue weighted by molar-refractivity contribution is 7.10. The number of methoxy groups -OCH3 is 1. The summed E-state index contributed by atoms with van der Waals surface area (Å²) in [6.07, 6.45) is 5.47. The third-order valence-corrected chi connectivity index (χ3v) is 5.01. The molecular weight excluding hydrogens is 332 g/mol. The fourth-order valence-electron chi connectivity index (χ4n) is 2.80. The molecule has 5 heteroatoms. The van der Waals surface area contributed by atoms with Gasteiger partial charge in [-0.25, -0.2) is 0 Å². The van der Waals surface area contributed by atoms with E-state index in [0.717, 1.165) is 34.6 Å². The van der Waals surface area contributed by atoms with E-state index in [1.807, 2.05) is 48.8 Å². The fourth-order valence-corrected chi connectivity index (χ4v) is 3.48. The maximum Gasteiger partial charge on any atom is 0.247 e. The topological polar surface area (TPSA) is 54.1 Å². The minimum Gasteiger partial charge on any atom is -0.497 e. The molecule has 0 aliphatic heterocycles. The van der Waals surface area contributed by atoms with Crippen LogP contribution in [0.4, 0.5) is 0 Å². The molecule has 0 saturated heterocycles. The predicted molar refractivity (Wildman–Crippen MR) is 104 cm³/mol. The first kappa shape index (κ1) is 17.3. The molecule has 0 aliphatic rings. The number of ether oxygens (including phenoxy) is 1. The molecule has 0 atom stereocenters. The number of carbonyl (C=O) groups excluding carboxylic acids is 1. The molecule has 4 nitrogen and oxygen atoms in total. The van der Waals surface area contributed by atoms with E-state index in [9.17, 15) is 4.79 Å². The minimum absolute atomic E-state index is 0.0115. The highest BCUT2D eigenvalue weighted by Gasteiger charge is 2.09. The Kier molecular flexibility index (Phi) is 5.56. The van der Waals surface area contributed by atoms with Crippen molar-refractivity contribution < 1.29 is 9.53 Å². The van der Waals surface area contributed by atoms with Crippen LogP contribution in [0.5, 0.6) is 5.75 Å². The average molecular weight is 354 g/mol. The van der Waals surface area contributed by atoms with Crippen LogP contribution in [0, 0.1) is 0 Å². The van der Waals surface area contributed by atoms with Gasteiger partial charge in [0, 0.05) is 40.2 Å². The van der Waals surface area contributed by atoms with E-state index in [2.05, 4.69) is 16.4 Å². The van der Waals surface area contributed by atoms with Crippen molar-refractivity contribution in [2.75, 3.05) is 13.7 Å². The smallest absolute Gasteiger partial charge is 0.247 e. The molecule has 0 bridgehead atoms. The monoisotopic (exact) mass is 354 g/mol. The van der Waals surface area contributed by atoms with Gasteiger partial charge in [0.25, 0.3) is 0 Å². The summed E-state index contributed by atoms with van der Waals surface area (Å²) < 4.78 is 5.24. The SMILES string of the molecule is CCC(=Cc1cccs1)C(=O)NCCc1c[nH]c2cc(OC)ccc12. The van der Waals surface area contributed by atoms with Crippen LogP contribution >= 0.6 is 11.3 Å². The van der Waals surface area contributed by atoms with Gasteiger partial charge in [-0.05, 0) is 48.1 Å². The average Bonchev–Trinajstić information content (AvgIpc) is 3.28. The molecule has 130 valence electrons. The summed E-state index contributed by atoms with van der Waals surface area (Å²) in [6.45, 7) is 2.62. The zero-order valence-electron chi connectivity index (χ0n) is 14.5. The lowest BCUT2D eigenvalue weighted by Crippen LogP contribution is -2.26. The highest BCUT2D eigenvalue weighted by Crippen LogP contribution is 2.23. The number of amides is 1. The van der Waals surface area contributed by atoms with E-state index in [-0.39, 0.29) is 5.91 Å². The molecule has 0 fully saturated rings. The highest BCUT2D eigenvalue weighted by atomic mass is 32.1. The van der Waals surface area contributed by atoms with Gasteiger partial charge in [-0.1, -0.05) is 13.0 Å². The number of hydrogen-bond donors (Lipinski definition) is 2. The lowest BCUT2D eigenvalue weighted by Gasteiger charge is -2.07. The van der Waals surface area contributed by atoms with E-state index in [0.29, 0.717) is 6.54 Å². The van der Waals surface area contributed by atoms with Crippen LogP contribution in [0.25, 0.3) is 17.0 Å². The van der Waals surface area contributed by atoms with Gasteiger partial charge in [0.05, 0.1) is 7.11 Å². The Balaban J connectivity index is 1.61. The first-order chi connectivity index (χ1) is 12.2. The Hall–Kier alpha value is -2.53. The Morgan fingerprint density at radius 2 is 2.24 bits per heavy atom. The van der Waals surface area contributed by atoms with Crippen molar-refractivity contribution in [1.82, 2.24) is 10.3 Å². The van der Waals surface area contributed by atoms with Gasteiger partial charge < -0.3 is 15.0 Å². The van der Waals surface area contributed by atoms with Crippen molar-refractivity contribution in [2.45, 2.75) is 19.8 Å². The molecule has 3 rings (SSSR count). The predicted octanol–water partition coefficient (Wildman–Crippen LogP) is 4.39. The molecule has 0 unspecified atom stereocenters. The van der Waals surface area contributed by atoms with Crippen LogP contribution < -0.4 is 10.1 Å². The van der Waals surface area contributed by atoms with Gasteiger partial charge >= 0.3 is 0 Å². The van der Waals surface area contributed by atoms with Crippen molar-refractivity contribution in [3.63, 3.8) is 0 Å². The van der Waals surface area contributed by atoms with E-state index >= 15 is 0 Å². The van der Waals surface area contributed by atoms with Crippen LogP contribution in [-0.4, -0.2) is 24.5 Å². The summed E-state index contributed by atoms with van der Waals surface area (Å²) in [6, 6.07) is 10.0. The maximum atomic E-state index is 12.4. The van der Waals surface area contributed by atoms with E-state index in [4.69, 9.17) is 4.74 Å². The Morgan fingerprint density at radius 1 is 1.36 bits per heavy atom. The maximum absolute atomic E-state index is 12.4. The molecule has 2 heterocycles. The van der Waals surface area contributed by atoms with E-state index in [1.54, 1.807) is 18.4 Å². The number of thiophene rings is 1. The molecule has 0 saturated carbocycles. The molecular formula is C20H22N2O2S. The third kappa shape index (κ3) is 4.12. The van der Waals surface area contributed by atoms with E-state index in [1.165, 1.54) is 10.9 Å². The van der Waals surface area contributed by atoms with Gasteiger partial charge in [0.1, 0.15) is 5.75 Å². The molecule has 0 spiro atoms. The number of benzene rings is 1. The lowest BCUT2D eigenvalue weighted by atomic mass is 10.1.